The van der Waals surface area contributed by atoms with Crippen molar-refractivity contribution < 1.29 is 13.2 Å². The number of fused-ring (bicyclic) bond motifs is 1. The van der Waals surface area contributed by atoms with E-state index in [0.717, 1.165) is 17.0 Å². The molecule has 0 spiro atoms. The molecule has 3 aromatic rings. The molecule has 3 N–H and O–H groups in total. The van der Waals surface area contributed by atoms with E-state index in [1.807, 2.05) is 31.2 Å². The second kappa shape index (κ2) is 6.15. The van der Waals surface area contributed by atoms with Gasteiger partial charge in [0.25, 0.3) is 0 Å². The zero-order valence-corrected chi connectivity index (χ0v) is 14.3. The summed E-state index contributed by atoms with van der Waals surface area (Å²) >= 11 is 0. The molecule has 4 rings (SSSR count). The Morgan fingerprint density at radius 3 is 2.56 bits per heavy atom. The molecule has 0 saturated carbocycles. The van der Waals surface area contributed by atoms with Gasteiger partial charge in [-0.3, -0.25) is 5.10 Å². The van der Waals surface area contributed by atoms with Crippen LogP contribution >= 0.6 is 0 Å². The predicted octanol–water partition coefficient (Wildman–Crippen LogP) is 4.04. The molecule has 2 aromatic carbocycles. The Labute approximate surface area is 153 Å². The first-order valence-corrected chi connectivity index (χ1v) is 8.31. The quantitative estimate of drug-likeness (QED) is 0.714. The van der Waals surface area contributed by atoms with Gasteiger partial charge in [0.15, 0.2) is 5.82 Å². The minimum absolute atomic E-state index is 0.0417. The molecule has 2 heterocycles. The number of aromatic nitrogens is 2. The van der Waals surface area contributed by atoms with Gasteiger partial charge in [0.1, 0.15) is 11.7 Å². The number of nitrogens with zero attached hydrogens (tertiary/aromatic N) is 3. The van der Waals surface area contributed by atoms with Crippen molar-refractivity contribution in [2.75, 3.05) is 4.90 Å². The van der Waals surface area contributed by atoms with Gasteiger partial charge in [-0.2, -0.15) is 18.3 Å². The lowest BCUT2D eigenvalue weighted by Crippen LogP contribution is -2.42. The van der Waals surface area contributed by atoms with Crippen molar-refractivity contribution in [1.82, 2.24) is 10.2 Å². The molecule has 8 heteroatoms. The van der Waals surface area contributed by atoms with Gasteiger partial charge in [0.05, 0.1) is 17.1 Å². The normalized spacial score (nSPS) is 17.8. The van der Waals surface area contributed by atoms with Crippen LogP contribution in [0, 0.1) is 0 Å². The van der Waals surface area contributed by atoms with Crippen molar-refractivity contribution >= 4 is 22.6 Å². The lowest BCUT2D eigenvalue weighted by Gasteiger charge is -2.33. The number of hydrogen-bond acceptors (Lipinski definition) is 4. The molecule has 1 aliphatic rings. The van der Waals surface area contributed by atoms with Crippen molar-refractivity contribution in [3.63, 3.8) is 0 Å². The molecular weight excluding hydrogens is 355 g/mol. The molecule has 0 radical (unpaired) electrons. The van der Waals surface area contributed by atoms with Crippen LogP contribution in [-0.2, 0) is 6.18 Å². The molecule has 1 unspecified atom stereocenters. The van der Waals surface area contributed by atoms with Crippen molar-refractivity contribution in [3.05, 3.63) is 71.6 Å². The van der Waals surface area contributed by atoms with Crippen LogP contribution in [0.3, 0.4) is 0 Å². The van der Waals surface area contributed by atoms with Crippen molar-refractivity contribution in [3.8, 4) is 0 Å². The van der Waals surface area contributed by atoms with Crippen LogP contribution in [0.25, 0.3) is 10.9 Å². The highest BCUT2D eigenvalue weighted by Crippen LogP contribution is 2.35. The molecule has 1 aliphatic heterocycles. The number of rotatable bonds is 2. The van der Waals surface area contributed by atoms with Crippen molar-refractivity contribution in [2.24, 2.45) is 10.7 Å². The zero-order valence-electron chi connectivity index (χ0n) is 14.3. The fourth-order valence-corrected chi connectivity index (χ4v) is 3.27. The summed E-state index contributed by atoms with van der Waals surface area (Å²) in [5.74, 6) is 0.788. The Morgan fingerprint density at radius 1 is 1.07 bits per heavy atom. The van der Waals surface area contributed by atoms with E-state index in [2.05, 4.69) is 15.2 Å². The molecule has 1 aromatic heterocycles. The molecule has 27 heavy (non-hydrogen) atoms. The SMILES string of the molecule is CC1C=C(N)N=C(c2ccccc2C(F)(F)F)N1c1n[nH]c2ccccc12. The summed E-state index contributed by atoms with van der Waals surface area (Å²) < 4.78 is 40.7. The van der Waals surface area contributed by atoms with E-state index < -0.39 is 11.7 Å². The summed E-state index contributed by atoms with van der Waals surface area (Å²) in [5, 5.41) is 8.03. The molecular formula is C19H16F3N5. The van der Waals surface area contributed by atoms with Gasteiger partial charge in [-0.15, -0.1) is 0 Å². The summed E-state index contributed by atoms with van der Waals surface area (Å²) in [7, 11) is 0. The van der Waals surface area contributed by atoms with Crippen LogP contribution in [0.15, 0.2) is 65.4 Å². The minimum atomic E-state index is -4.52. The monoisotopic (exact) mass is 371 g/mol. The first kappa shape index (κ1) is 17.1. The average Bonchev–Trinajstić information content (AvgIpc) is 3.04. The Hall–Kier alpha value is -3.29. The van der Waals surface area contributed by atoms with E-state index >= 15 is 0 Å². The Kier molecular flexibility index (Phi) is 3.91. The van der Waals surface area contributed by atoms with Crippen LogP contribution in [0.2, 0.25) is 0 Å². The van der Waals surface area contributed by atoms with Crippen LogP contribution in [0.1, 0.15) is 18.1 Å². The van der Waals surface area contributed by atoms with Crippen molar-refractivity contribution in [1.29, 1.82) is 0 Å². The average molecular weight is 371 g/mol. The number of anilines is 1. The number of aromatic amines is 1. The lowest BCUT2D eigenvalue weighted by atomic mass is 10.0. The third-order valence-corrected chi connectivity index (χ3v) is 4.43. The molecule has 0 fully saturated rings. The number of halogens is 3. The van der Waals surface area contributed by atoms with Gasteiger partial charge in [-0.25, -0.2) is 4.99 Å². The second-order valence-corrected chi connectivity index (χ2v) is 6.27. The van der Waals surface area contributed by atoms with Gasteiger partial charge >= 0.3 is 6.18 Å². The van der Waals surface area contributed by atoms with Gasteiger partial charge in [0, 0.05) is 10.9 Å². The van der Waals surface area contributed by atoms with Crippen molar-refractivity contribution in [2.45, 2.75) is 19.1 Å². The number of aliphatic imine (C=N–C) groups is 1. The zero-order chi connectivity index (χ0) is 19.2. The van der Waals surface area contributed by atoms with E-state index in [9.17, 15) is 13.2 Å². The maximum absolute atomic E-state index is 13.6. The number of para-hydroxylation sites is 1. The maximum Gasteiger partial charge on any atom is 0.417 e. The Bertz CT molecular complexity index is 1060. The fraction of sp³-hybridized carbons (Fsp3) is 0.158. The number of H-pyrrole nitrogens is 1. The van der Waals surface area contributed by atoms with E-state index in [-0.39, 0.29) is 23.3 Å². The molecule has 0 amide bonds. The van der Waals surface area contributed by atoms with E-state index in [0.29, 0.717) is 5.82 Å². The summed E-state index contributed by atoms with van der Waals surface area (Å²) in [6.45, 7) is 1.83. The predicted molar refractivity (Wildman–Crippen MR) is 98.3 cm³/mol. The topological polar surface area (TPSA) is 70.3 Å². The number of nitrogens with two attached hydrogens (primary N) is 1. The van der Waals surface area contributed by atoms with Gasteiger partial charge in [-0.05, 0) is 31.2 Å². The fourth-order valence-electron chi connectivity index (χ4n) is 3.27. The molecule has 0 saturated heterocycles. The van der Waals surface area contributed by atoms with Crippen LogP contribution in [-0.4, -0.2) is 22.1 Å². The third kappa shape index (κ3) is 2.92. The number of benzene rings is 2. The van der Waals surface area contributed by atoms with Crippen LogP contribution in [0.5, 0.6) is 0 Å². The largest absolute Gasteiger partial charge is 0.417 e. The highest BCUT2D eigenvalue weighted by Gasteiger charge is 2.37. The number of alkyl halides is 3. The van der Waals surface area contributed by atoms with Gasteiger partial charge < -0.3 is 10.6 Å². The molecule has 1 atom stereocenters. The summed E-state index contributed by atoms with van der Waals surface area (Å²) in [6, 6.07) is 12.4. The Balaban J connectivity index is 1.94. The standard InChI is InChI=1S/C19H16F3N5/c1-11-10-16(23)24-17(12-6-2-4-8-14(12)19(20,21)22)27(11)18-13-7-3-5-9-15(13)25-26-18/h2-11H,23H2,1H3,(H,25,26). The molecule has 5 nitrogen and oxygen atoms in total. The van der Waals surface area contributed by atoms with Gasteiger partial charge in [0.2, 0.25) is 0 Å². The molecule has 0 aliphatic carbocycles. The summed E-state index contributed by atoms with van der Waals surface area (Å²) in [4.78, 5) is 5.92. The van der Waals surface area contributed by atoms with E-state index in [4.69, 9.17) is 5.73 Å². The summed E-state index contributed by atoms with van der Waals surface area (Å²) in [6.07, 6.45) is -2.83. The minimum Gasteiger partial charge on any atom is -0.384 e. The number of amidine groups is 1. The molecule has 0 bridgehead atoms. The maximum atomic E-state index is 13.6. The van der Waals surface area contributed by atoms with Crippen LogP contribution in [0.4, 0.5) is 19.0 Å². The number of hydrogen-bond donors (Lipinski definition) is 2. The third-order valence-electron chi connectivity index (χ3n) is 4.43. The first-order chi connectivity index (χ1) is 12.9. The van der Waals surface area contributed by atoms with E-state index in [1.54, 1.807) is 17.0 Å². The second-order valence-electron chi connectivity index (χ2n) is 6.27. The van der Waals surface area contributed by atoms with E-state index in [1.165, 1.54) is 12.1 Å². The lowest BCUT2D eigenvalue weighted by molar-refractivity contribution is -0.137. The smallest absolute Gasteiger partial charge is 0.384 e. The first-order valence-electron chi connectivity index (χ1n) is 8.31. The Morgan fingerprint density at radius 2 is 1.78 bits per heavy atom. The van der Waals surface area contributed by atoms with Crippen LogP contribution < -0.4 is 10.6 Å². The highest BCUT2D eigenvalue weighted by atomic mass is 19.4. The highest BCUT2D eigenvalue weighted by molar-refractivity contribution is 6.14. The number of nitrogens with one attached hydrogen (secondary N) is 1. The summed E-state index contributed by atoms with van der Waals surface area (Å²) in [5.41, 5.74) is 5.85. The molecule has 138 valence electrons. The van der Waals surface area contributed by atoms with Gasteiger partial charge in [-0.1, -0.05) is 30.3 Å².